The van der Waals surface area contributed by atoms with Crippen LogP contribution in [0.25, 0.3) is 0 Å². The molecule has 0 spiro atoms. The van der Waals surface area contributed by atoms with E-state index in [0.717, 1.165) is 25.7 Å². The fourth-order valence-corrected chi connectivity index (χ4v) is 4.08. The van der Waals surface area contributed by atoms with Crippen LogP contribution < -0.4 is 0 Å². The second-order valence-electron chi connectivity index (χ2n) is 10.4. The van der Waals surface area contributed by atoms with Crippen molar-refractivity contribution in [2.24, 2.45) is 22.7 Å². The first-order chi connectivity index (χ1) is 12.8. The van der Waals surface area contributed by atoms with Gasteiger partial charge in [-0.15, -0.1) is 0 Å². The lowest BCUT2D eigenvalue weighted by Gasteiger charge is -2.25. The van der Waals surface area contributed by atoms with Gasteiger partial charge in [0.1, 0.15) is 0 Å². The highest BCUT2D eigenvalue weighted by atomic mass is 16.2. The molecule has 2 aliphatic heterocycles. The molecule has 2 unspecified atom stereocenters. The summed E-state index contributed by atoms with van der Waals surface area (Å²) in [6.45, 7) is 12.9. The van der Waals surface area contributed by atoms with Crippen LogP contribution >= 0.6 is 0 Å². The van der Waals surface area contributed by atoms with Crippen molar-refractivity contribution in [3.63, 3.8) is 0 Å². The maximum Gasteiger partial charge on any atom is 0.233 e. The van der Waals surface area contributed by atoms with Crippen LogP contribution in [0.1, 0.15) is 80.1 Å². The molecule has 0 aromatic heterocycles. The largest absolute Gasteiger partial charge is 0.282 e. The summed E-state index contributed by atoms with van der Waals surface area (Å²) in [4.78, 5) is 52.0. The lowest BCUT2D eigenvalue weighted by Crippen LogP contribution is -2.35. The molecule has 4 amide bonds. The molecule has 158 valence electrons. The van der Waals surface area contributed by atoms with Gasteiger partial charge in [-0.1, -0.05) is 54.4 Å². The SMILES string of the molecule is CC(C)(C)C1CC(=O)N(CCCCCCN2C(=O)CC(C(C)(C)C)C2=O)C1=O. The van der Waals surface area contributed by atoms with Crippen LogP contribution in [0.4, 0.5) is 0 Å². The second kappa shape index (κ2) is 8.34. The summed E-state index contributed by atoms with van der Waals surface area (Å²) in [6, 6.07) is 0. The molecular formula is C22H36N2O4. The van der Waals surface area contributed by atoms with Crippen molar-refractivity contribution in [1.82, 2.24) is 9.80 Å². The van der Waals surface area contributed by atoms with Gasteiger partial charge in [0, 0.05) is 25.9 Å². The van der Waals surface area contributed by atoms with Gasteiger partial charge in [-0.05, 0) is 23.7 Å². The number of carbonyl (C=O) groups excluding carboxylic acids is 4. The fourth-order valence-electron chi connectivity index (χ4n) is 4.08. The number of likely N-dealkylation sites (tertiary alicyclic amines) is 2. The lowest BCUT2D eigenvalue weighted by molar-refractivity contribution is -0.142. The Morgan fingerprint density at radius 2 is 0.964 bits per heavy atom. The Morgan fingerprint density at radius 3 is 1.21 bits per heavy atom. The van der Waals surface area contributed by atoms with Crippen molar-refractivity contribution in [3.8, 4) is 0 Å². The molecule has 0 radical (unpaired) electrons. The number of unbranched alkanes of at least 4 members (excludes halogenated alkanes) is 3. The number of rotatable bonds is 7. The molecule has 0 aromatic carbocycles. The summed E-state index contributed by atoms with van der Waals surface area (Å²) in [5.74, 6) is -0.651. The molecule has 0 aromatic rings. The Kier molecular flexibility index (Phi) is 6.72. The van der Waals surface area contributed by atoms with E-state index in [2.05, 4.69) is 0 Å². The van der Waals surface area contributed by atoms with Crippen LogP contribution in [0.2, 0.25) is 0 Å². The number of nitrogens with zero attached hydrogens (tertiary/aromatic N) is 2. The van der Waals surface area contributed by atoms with Gasteiger partial charge in [0.15, 0.2) is 0 Å². The van der Waals surface area contributed by atoms with Crippen molar-refractivity contribution in [2.75, 3.05) is 13.1 Å². The van der Waals surface area contributed by atoms with Crippen molar-refractivity contribution >= 4 is 23.6 Å². The van der Waals surface area contributed by atoms with E-state index in [-0.39, 0.29) is 46.3 Å². The van der Waals surface area contributed by atoms with Crippen molar-refractivity contribution in [2.45, 2.75) is 80.1 Å². The van der Waals surface area contributed by atoms with E-state index in [1.807, 2.05) is 41.5 Å². The summed E-state index contributed by atoms with van der Waals surface area (Å²) >= 11 is 0. The van der Waals surface area contributed by atoms with Gasteiger partial charge in [0.25, 0.3) is 0 Å². The number of carbonyl (C=O) groups is 4. The van der Waals surface area contributed by atoms with Crippen LogP contribution in [-0.2, 0) is 19.2 Å². The van der Waals surface area contributed by atoms with Crippen LogP contribution in [0.15, 0.2) is 0 Å². The predicted octanol–water partition coefficient (Wildman–Crippen LogP) is 3.39. The predicted molar refractivity (Wildman–Crippen MR) is 107 cm³/mol. The summed E-state index contributed by atoms with van der Waals surface area (Å²) in [5.41, 5.74) is -0.386. The molecule has 2 rings (SSSR count). The highest BCUT2D eigenvalue weighted by molar-refractivity contribution is 6.04. The Labute approximate surface area is 169 Å². The van der Waals surface area contributed by atoms with Crippen LogP contribution in [0.5, 0.6) is 0 Å². The highest BCUT2D eigenvalue weighted by Gasteiger charge is 2.45. The molecule has 6 nitrogen and oxygen atoms in total. The third kappa shape index (κ3) is 5.00. The topological polar surface area (TPSA) is 74.8 Å². The lowest BCUT2D eigenvalue weighted by atomic mass is 9.80. The highest BCUT2D eigenvalue weighted by Crippen LogP contribution is 2.36. The number of amides is 4. The molecule has 2 fully saturated rings. The normalized spacial score (nSPS) is 24.1. The van der Waals surface area contributed by atoms with E-state index in [0.29, 0.717) is 25.9 Å². The minimum atomic E-state index is -0.219. The summed E-state index contributed by atoms with van der Waals surface area (Å²) in [6.07, 6.45) is 3.90. The Balaban J connectivity index is 1.70. The molecule has 2 atom stereocenters. The standard InChI is InChI=1S/C22H36N2O4/c1-21(2,3)15-13-17(25)23(19(15)27)11-9-7-8-10-12-24-18(26)14-16(20(24)28)22(4,5)6/h15-16H,7-14H2,1-6H3. The smallest absolute Gasteiger partial charge is 0.233 e. The Morgan fingerprint density at radius 1 is 0.643 bits per heavy atom. The second-order valence-corrected chi connectivity index (χ2v) is 10.4. The first kappa shape index (κ1) is 22.6. The zero-order chi connectivity index (χ0) is 21.3. The maximum absolute atomic E-state index is 12.5. The molecular weight excluding hydrogens is 356 g/mol. The average Bonchev–Trinajstić information content (AvgIpc) is 3.00. The molecule has 6 heteroatoms. The molecule has 2 heterocycles. The van der Waals surface area contributed by atoms with E-state index in [1.165, 1.54) is 9.80 Å². The van der Waals surface area contributed by atoms with Gasteiger partial charge in [-0.25, -0.2) is 0 Å². The van der Waals surface area contributed by atoms with E-state index in [4.69, 9.17) is 0 Å². The molecule has 0 bridgehead atoms. The zero-order valence-corrected chi connectivity index (χ0v) is 18.3. The first-order valence-corrected chi connectivity index (χ1v) is 10.5. The summed E-state index contributed by atoms with van der Waals surface area (Å²) < 4.78 is 0. The molecule has 2 aliphatic rings. The first-order valence-electron chi connectivity index (χ1n) is 10.5. The van der Waals surface area contributed by atoms with E-state index < -0.39 is 0 Å². The number of hydrogen-bond donors (Lipinski definition) is 0. The van der Waals surface area contributed by atoms with Gasteiger partial charge >= 0.3 is 0 Å². The van der Waals surface area contributed by atoms with Crippen LogP contribution in [0, 0.1) is 22.7 Å². The average molecular weight is 393 g/mol. The minimum absolute atomic E-state index is 0.0426. The molecule has 0 saturated carbocycles. The van der Waals surface area contributed by atoms with Crippen LogP contribution in [-0.4, -0.2) is 46.5 Å². The van der Waals surface area contributed by atoms with Gasteiger partial charge in [-0.2, -0.15) is 0 Å². The third-order valence-electron chi connectivity index (χ3n) is 6.09. The Hall–Kier alpha value is -1.72. The maximum atomic E-state index is 12.5. The zero-order valence-electron chi connectivity index (χ0n) is 18.3. The number of hydrogen-bond acceptors (Lipinski definition) is 4. The molecule has 0 aliphatic carbocycles. The van der Waals surface area contributed by atoms with E-state index >= 15 is 0 Å². The van der Waals surface area contributed by atoms with Crippen LogP contribution in [0.3, 0.4) is 0 Å². The van der Waals surface area contributed by atoms with Gasteiger partial charge < -0.3 is 0 Å². The van der Waals surface area contributed by atoms with Gasteiger partial charge in [0.2, 0.25) is 23.6 Å². The quantitative estimate of drug-likeness (QED) is 0.492. The molecule has 2 saturated heterocycles. The monoisotopic (exact) mass is 392 g/mol. The summed E-state index contributed by atoms with van der Waals surface area (Å²) in [7, 11) is 0. The fraction of sp³-hybridized carbons (Fsp3) is 0.818. The third-order valence-corrected chi connectivity index (χ3v) is 6.09. The molecule has 0 N–H and O–H groups in total. The van der Waals surface area contributed by atoms with Crippen molar-refractivity contribution in [1.29, 1.82) is 0 Å². The van der Waals surface area contributed by atoms with Gasteiger partial charge in [-0.3, -0.25) is 29.0 Å². The van der Waals surface area contributed by atoms with E-state index in [1.54, 1.807) is 0 Å². The number of imide groups is 2. The van der Waals surface area contributed by atoms with Crippen molar-refractivity contribution < 1.29 is 19.2 Å². The molecule has 28 heavy (non-hydrogen) atoms. The minimum Gasteiger partial charge on any atom is -0.282 e. The summed E-state index contributed by atoms with van der Waals surface area (Å²) in [5, 5.41) is 0. The van der Waals surface area contributed by atoms with Gasteiger partial charge in [0.05, 0.1) is 11.8 Å². The Bertz CT molecular complexity index is 586. The van der Waals surface area contributed by atoms with E-state index in [9.17, 15) is 19.2 Å². The van der Waals surface area contributed by atoms with Crippen molar-refractivity contribution in [3.05, 3.63) is 0 Å².